The Morgan fingerprint density at radius 2 is 2.04 bits per heavy atom. The van der Waals surface area contributed by atoms with Gasteiger partial charge in [0.2, 0.25) is 0 Å². The van der Waals surface area contributed by atoms with E-state index in [4.69, 9.17) is 4.98 Å². The highest BCUT2D eigenvalue weighted by Gasteiger charge is 2.13. The van der Waals surface area contributed by atoms with Crippen LogP contribution in [0.1, 0.15) is 18.0 Å². The Hall–Kier alpha value is -2.58. The lowest BCUT2D eigenvalue weighted by Gasteiger charge is -2.12. The van der Waals surface area contributed by atoms with Crippen molar-refractivity contribution < 1.29 is 0 Å². The van der Waals surface area contributed by atoms with Gasteiger partial charge in [0.25, 0.3) is 0 Å². The largest absolute Gasteiger partial charge is 0.361 e. The summed E-state index contributed by atoms with van der Waals surface area (Å²) < 4.78 is 2.90. The van der Waals surface area contributed by atoms with Gasteiger partial charge in [-0.2, -0.15) is 0 Å². The van der Waals surface area contributed by atoms with Crippen LogP contribution in [0.2, 0.25) is 0 Å². The van der Waals surface area contributed by atoms with E-state index in [-0.39, 0.29) is 6.04 Å². The molecule has 130 valence electrons. The fourth-order valence-corrected chi connectivity index (χ4v) is 3.58. The maximum Gasteiger partial charge on any atom is 0.143 e. The van der Waals surface area contributed by atoms with Gasteiger partial charge in [-0.15, -0.1) is 11.3 Å². The quantitative estimate of drug-likeness (QED) is 0.499. The SMILES string of the molecule is CC(Nc1cc(-n2ccnc2)ncn1)c1nc(-c2ccc(Br)cc2)cs1. The maximum atomic E-state index is 4.76. The van der Waals surface area contributed by atoms with Crippen LogP contribution in [0.4, 0.5) is 5.82 Å². The molecule has 0 bridgehead atoms. The van der Waals surface area contributed by atoms with Gasteiger partial charge in [0.15, 0.2) is 0 Å². The zero-order valence-electron chi connectivity index (χ0n) is 13.9. The van der Waals surface area contributed by atoms with Crippen molar-refractivity contribution in [3.63, 3.8) is 0 Å². The van der Waals surface area contributed by atoms with Crippen molar-refractivity contribution in [2.75, 3.05) is 5.32 Å². The van der Waals surface area contributed by atoms with Crippen LogP contribution in [0.25, 0.3) is 17.1 Å². The van der Waals surface area contributed by atoms with Gasteiger partial charge in [0, 0.05) is 33.9 Å². The van der Waals surface area contributed by atoms with Gasteiger partial charge in [-0.25, -0.2) is 19.9 Å². The molecule has 0 spiro atoms. The number of nitrogens with one attached hydrogen (secondary N) is 1. The normalized spacial score (nSPS) is 12.1. The minimum absolute atomic E-state index is 0.0368. The van der Waals surface area contributed by atoms with Crippen molar-refractivity contribution in [3.8, 4) is 17.1 Å². The Bertz CT molecular complexity index is 997. The molecular formula is C18H15BrN6S. The molecule has 1 unspecified atom stereocenters. The van der Waals surface area contributed by atoms with E-state index in [1.165, 1.54) is 0 Å². The fraction of sp³-hybridized carbons (Fsp3) is 0.111. The van der Waals surface area contributed by atoms with Crippen LogP contribution in [-0.2, 0) is 0 Å². The summed E-state index contributed by atoms with van der Waals surface area (Å²) in [6.07, 6.45) is 6.82. The van der Waals surface area contributed by atoms with Crippen LogP contribution in [0, 0.1) is 0 Å². The lowest BCUT2D eigenvalue weighted by Crippen LogP contribution is -2.08. The standard InChI is InChI=1S/C18H15BrN6S/c1-12(18-24-15(9-26-18)13-2-4-14(19)5-3-13)23-16-8-17(22-10-21-16)25-7-6-20-11-25/h2-12H,1H3,(H,21,22,23). The van der Waals surface area contributed by atoms with Gasteiger partial charge in [-0.05, 0) is 19.1 Å². The minimum atomic E-state index is 0.0368. The molecule has 4 rings (SSSR count). The smallest absolute Gasteiger partial charge is 0.143 e. The number of anilines is 1. The molecule has 4 aromatic rings. The summed E-state index contributed by atoms with van der Waals surface area (Å²) in [5.74, 6) is 1.51. The molecule has 0 amide bonds. The molecule has 1 aromatic carbocycles. The van der Waals surface area contributed by atoms with Crippen molar-refractivity contribution in [2.45, 2.75) is 13.0 Å². The average Bonchev–Trinajstić information content (AvgIpc) is 3.35. The first-order chi connectivity index (χ1) is 12.7. The maximum absolute atomic E-state index is 4.76. The van der Waals surface area contributed by atoms with E-state index in [0.717, 1.165) is 32.4 Å². The lowest BCUT2D eigenvalue weighted by atomic mass is 10.2. The summed E-state index contributed by atoms with van der Waals surface area (Å²) in [7, 11) is 0. The van der Waals surface area contributed by atoms with E-state index in [1.54, 1.807) is 30.2 Å². The third-order valence-electron chi connectivity index (χ3n) is 3.82. The number of nitrogens with zero attached hydrogens (tertiary/aromatic N) is 5. The number of imidazole rings is 1. The third-order valence-corrected chi connectivity index (χ3v) is 5.37. The molecule has 0 saturated heterocycles. The topological polar surface area (TPSA) is 68.5 Å². The zero-order valence-corrected chi connectivity index (χ0v) is 16.3. The van der Waals surface area contributed by atoms with Crippen molar-refractivity contribution in [3.05, 3.63) is 70.2 Å². The summed E-state index contributed by atoms with van der Waals surface area (Å²) in [5.41, 5.74) is 2.08. The monoisotopic (exact) mass is 426 g/mol. The van der Waals surface area contributed by atoms with Crippen LogP contribution in [0.3, 0.4) is 0 Å². The van der Waals surface area contributed by atoms with Crippen molar-refractivity contribution in [1.82, 2.24) is 24.5 Å². The third kappa shape index (κ3) is 3.66. The van der Waals surface area contributed by atoms with E-state index >= 15 is 0 Å². The molecule has 6 nitrogen and oxygen atoms in total. The molecule has 1 atom stereocenters. The summed E-state index contributed by atoms with van der Waals surface area (Å²) in [5, 5.41) is 6.47. The van der Waals surface area contributed by atoms with E-state index in [1.807, 2.05) is 29.0 Å². The number of hydrogen-bond acceptors (Lipinski definition) is 6. The molecule has 0 aliphatic carbocycles. The Morgan fingerprint density at radius 1 is 1.19 bits per heavy atom. The summed E-state index contributed by atoms with van der Waals surface area (Å²) in [6.45, 7) is 2.07. The van der Waals surface area contributed by atoms with Crippen LogP contribution < -0.4 is 5.32 Å². The molecule has 8 heteroatoms. The second-order valence-electron chi connectivity index (χ2n) is 5.68. The minimum Gasteiger partial charge on any atom is -0.361 e. The van der Waals surface area contributed by atoms with Gasteiger partial charge in [-0.3, -0.25) is 4.57 Å². The predicted octanol–water partition coefficient (Wildman–Crippen LogP) is 4.72. The van der Waals surface area contributed by atoms with Crippen LogP contribution in [0.5, 0.6) is 0 Å². The van der Waals surface area contributed by atoms with Gasteiger partial charge < -0.3 is 5.32 Å². The number of hydrogen-bond donors (Lipinski definition) is 1. The molecular weight excluding hydrogens is 412 g/mol. The highest BCUT2D eigenvalue weighted by molar-refractivity contribution is 9.10. The average molecular weight is 427 g/mol. The van der Waals surface area contributed by atoms with Crippen LogP contribution in [0.15, 0.2) is 65.2 Å². The number of thiazole rings is 1. The summed E-state index contributed by atoms with van der Waals surface area (Å²) in [4.78, 5) is 17.4. The van der Waals surface area contributed by atoms with Crippen LogP contribution in [-0.4, -0.2) is 24.5 Å². The van der Waals surface area contributed by atoms with Crippen LogP contribution >= 0.6 is 27.3 Å². The summed E-state index contributed by atoms with van der Waals surface area (Å²) in [6, 6.07) is 10.1. The molecule has 1 N–H and O–H groups in total. The highest BCUT2D eigenvalue weighted by atomic mass is 79.9. The first-order valence-electron chi connectivity index (χ1n) is 7.97. The molecule has 0 aliphatic heterocycles. The predicted molar refractivity (Wildman–Crippen MR) is 106 cm³/mol. The summed E-state index contributed by atoms with van der Waals surface area (Å²) >= 11 is 5.09. The molecule has 0 aliphatic rings. The van der Waals surface area contributed by atoms with Gasteiger partial charge in [-0.1, -0.05) is 28.1 Å². The van der Waals surface area contributed by atoms with E-state index < -0.39 is 0 Å². The second kappa shape index (κ2) is 7.35. The van der Waals surface area contributed by atoms with E-state index in [9.17, 15) is 0 Å². The number of aromatic nitrogens is 5. The lowest BCUT2D eigenvalue weighted by molar-refractivity contribution is 0.855. The molecule has 3 heterocycles. The molecule has 0 fully saturated rings. The Kier molecular flexibility index (Phi) is 4.77. The number of rotatable bonds is 5. The number of benzene rings is 1. The molecule has 0 radical (unpaired) electrons. The first-order valence-corrected chi connectivity index (χ1v) is 9.64. The highest BCUT2D eigenvalue weighted by Crippen LogP contribution is 2.28. The van der Waals surface area contributed by atoms with Gasteiger partial charge in [0.05, 0.1) is 11.7 Å². The van der Waals surface area contributed by atoms with Gasteiger partial charge >= 0.3 is 0 Å². The molecule has 0 saturated carbocycles. The van der Waals surface area contributed by atoms with Crippen molar-refractivity contribution in [2.24, 2.45) is 0 Å². The molecule has 3 aromatic heterocycles. The van der Waals surface area contributed by atoms with Crippen molar-refractivity contribution in [1.29, 1.82) is 0 Å². The van der Waals surface area contributed by atoms with Crippen molar-refractivity contribution >= 4 is 33.1 Å². The second-order valence-corrected chi connectivity index (χ2v) is 7.48. The Morgan fingerprint density at radius 3 is 2.81 bits per heavy atom. The Labute approximate surface area is 163 Å². The Balaban J connectivity index is 1.51. The van der Waals surface area contributed by atoms with E-state index in [0.29, 0.717) is 0 Å². The zero-order chi connectivity index (χ0) is 17.9. The molecule has 26 heavy (non-hydrogen) atoms. The fourth-order valence-electron chi connectivity index (χ4n) is 2.49. The van der Waals surface area contributed by atoms with Gasteiger partial charge in [0.1, 0.15) is 29.3 Å². The van der Waals surface area contributed by atoms with E-state index in [2.05, 4.69) is 60.6 Å². The number of halogens is 1. The first kappa shape index (κ1) is 16.9.